The Morgan fingerprint density at radius 2 is 2.58 bits per heavy atom. The van der Waals surface area contributed by atoms with E-state index in [4.69, 9.17) is 21.1 Å². The minimum absolute atomic E-state index is 0.104. The van der Waals surface area contributed by atoms with Crippen LogP contribution in [0.4, 0.5) is 4.79 Å². The maximum absolute atomic E-state index is 10.9. The lowest BCUT2D eigenvalue weighted by Gasteiger charge is -2.09. The van der Waals surface area contributed by atoms with Gasteiger partial charge in [-0.15, -0.1) is 11.6 Å². The molecule has 1 amide bonds. The molecule has 1 fully saturated rings. The van der Waals surface area contributed by atoms with E-state index in [1.54, 1.807) is 0 Å². The summed E-state index contributed by atoms with van der Waals surface area (Å²) in [6.07, 6.45) is 0.446. The summed E-state index contributed by atoms with van der Waals surface area (Å²) in [6, 6.07) is 0.104. The predicted octanol–water partition coefficient (Wildman–Crippen LogP) is 0.740. The van der Waals surface area contributed by atoms with Crippen LogP contribution in [0.1, 0.15) is 6.42 Å². The number of carbonyl (C=O) groups excluding carboxylic acids is 1. The third-order valence-electron chi connectivity index (χ3n) is 1.56. The molecule has 0 aromatic heterocycles. The molecule has 1 saturated heterocycles. The number of ether oxygens (including phenoxy) is 2. The standard InChI is InChI=1S/C7H12ClNO3/c8-2-4-12-7(10)9-6-1-3-11-5-6/h6H,1-5H2,(H,9,10). The fourth-order valence-electron chi connectivity index (χ4n) is 0.988. The Kier molecular flexibility index (Phi) is 4.18. The first-order chi connectivity index (χ1) is 5.83. The molecule has 5 heteroatoms. The van der Waals surface area contributed by atoms with Gasteiger partial charge in [0.05, 0.1) is 18.5 Å². The maximum Gasteiger partial charge on any atom is 0.407 e. The smallest absolute Gasteiger partial charge is 0.407 e. The van der Waals surface area contributed by atoms with Crippen LogP contribution >= 0.6 is 11.6 Å². The highest BCUT2D eigenvalue weighted by Gasteiger charge is 2.17. The Balaban J connectivity index is 2.08. The molecule has 0 aromatic rings. The Bertz CT molecular complexity index is 148. The van der Waals surface area contributed by atoms with E-state index in [0.29, 0.717) is 19.1 Å². The van der Waals surface area contributed by atoms with E-state index in [-0.39, 0.29) is 12.6 Å². The van der Waals surface area contributed by atoms with Crippen molar-refractivity contribution in [1.82, 2.24) is 5.32 Å². The van der Waals surface area contributed by atoms with Crippen molar-refractivity contribution < 1.29 is 14.3 Å². The third-order valence-corrected chi connectivity index (χ3v) is 1.72. The average molecular weight is 194 g/mol. The monoisotopic (exact) mass is 193 g/mol. The molecule has 70 valence electrons. The zero-order valence-electron chi connectivity index (χ0n) is 6.72. The number of rotatable bonds is 3. The second-order valence-corrected chi connectivity index (χ2v) is 2.91. The summed E-state index contributed by atoms with van der Waals surface area (Å²) in [5, 5.41) is 2.67. The van der Waals surface area contributed by atoms with Crippen LogP contribution in [0.5, 0.6) is 0 Å². The molecule has 0 saturated carbocycles. The SMILES string of the molecule is O=C(NC1CCOC1)OCCCl. The van der Waals surface area contributed by atoms with E-state index in [1.807, 2.05) is 0 Å². The molecule has 1 atom stereocenters. The minimum Gasteiger partial charge on any atom is -0.448 e. The van der Waals surface area contributed by atoms with Gasteiger partial charge in [0.25, 0.3) is 0 Å². The molecule has 1 aliphatic heterocycles. The number of alkyl halides is 1. The minimum atomic E-state index is -0.411. The lowest BCUT2D eigenvalue weighted by atomic mass is 10.3. The fourth-order valence-corrected chi connectivity index (χ4v) is 1.07. The van der Waals surface area contributed by atoms with Crippen molar-refractivity contribution in [1.29, 1.82) is 0 Å². The van der Waals surface area contributed by atoms with Crippen LogP contribution in [0.2, 0.25) is 0 Å². The van der Waals surface area contributed by atoms with Crippen LogP contribution in [0.3, 0.4) is 0 Å². The van der Waals surface area contributed by atoms with E-state index in [9.17, 15) is 4.79 Å². The summed E-state index contributed by atoms with van der Waals surface area (Å²) in [7, 11) is 0. The topological polar surface area (TPSA) is 47.6 Å². The first-order valence-corrected chi connectivity index (χ1v) is 4.43. The van der Waals surface area contributed by atoms with Gasteiger partial charge in [0, 0.05) is 6.61 Å². The zero-order chi connectivity index (χ0) is 8.81. The Morgan fingerprint density at radius 3 is 3.17 bits per heavy atom. The van der Waals surface area contributed by atoms with Gasteiger partial charge in [-0.2, -0.15) is 0 Å². The van der Waals surface area contributed by atoms with E-state index in [2.05, 4.69) is 5.32 Å². The van der Waals surface area contributed by atoms with Crippen molar-refractivity contribution in [3.63, 3.8) is 0 Å². The van der Waals surface area contributed by atoms with Crippen LogP contribution in [0, 0.1) is 0 Å². The maximum atomic E-state index is 10.9. The normalized spacial score (nSPS) is 22.2. The third kappa shape index (κ3) is 3.28. The molecule has 4 nitrogen and oxygen atoms in total. The highest BCUT2D eigenvalue weighted by molar-refractivity contribution is 6.18. The van der Waals surface area contributed by atoms with Crippen molar-refractivity contribution in [2.75, 3.05) is 25.7 Å². The number of amides is 1. The van der Waals surface area contributed by atoms with Gasteiger partial charge < -0.3 is 14.8 Å². The molecule has 0 spiro atoms. The van der Waals surface area contributed by atoms with E-state index in [0.717, 1.165) is 6.42 Å². The van der Waals surface area contributed by atoms with E-state index >= 15 is 0 Å². The fraction of sp³-hybridized carbons (Fsp3) is 0.857. The van der Waals surface area contributed by atoms with Gasteiger partial charge in [-0.3, -0.25) is 0 Å². The average Bonchev–Trinajstić information content (AvgIpc) is 2.53. The quantitative estimate of drug-likeness (QED) is 0.673. The lowest BCUT2D eigenvalue weighted by molar-refractivity contribution is 0.144. The highest BCUT2D eigenvalue weighted by atomic mass is 35.5. The zero-order valence-corrected chi connectivity index (χ0v) is 7.47. The molecule has 0 radical (unpaired) electrons. The Labute approximate surface area is 76.2 Å². The molecule has 0 bridgehead atoms. The molecule has 12 heavy (non-hydrogen) atoms. The Hall–Kier alpha value is -0.480. The summed E-state index contributed by atoms with van der Waals surface area (Å²) in [5.41, 5.74) is 0. The van der Waals surface area contributed by atoms with Crippen LogP contribution in [-0.4, -0.2) is 37.8 Å². The van der Waals surface area contributed by atoms with Crippen LogP contribution < -0.4 is 5.32 Å². The molecule has 0 aliphatic carbocycles. The molecular formula is C7H12ClNO3. The van der Waals surface area contributed by atoms with Crippen molar-refractivity contribution >= 4 is 17.7 Å². The first-order valence-electron chi connectivity index (χ1n) is 3.90. The summed E-state index contributed by atoms with van der Waals surface area (Å²) >= 11 is 5.33. The molecule has 0 aromatic carbocycles. The lowest BCUT2D eigenvalue weighted by Crippen LogP contribution is -2.35. The highest BCUT2D eigenvalue weighted by Crippen LogP contribution is 2.03. The summed E-state index contributed by atoms with van der Waals surface area (Å²) in [6.45, 7) is 1.54. The summed E-state index contributed by atoms with van der Waals surface area (Å²) < 4.78 is 9.78. The van der Waals surface area contributed by atoms with E-state index in [1.165, 1.54) is 0 Å². The van der Waals surface area contributed by atoms with Crippen LogP contribution in [0.25, 0.3) is 0 Å². The van der Waals surface area contributed by atoms with Crippen molar-refractivity contribution in [3.05, 3.63) is 0 Å². The van der Waals surface area contributed by atoms with Gasteiger partial charge in [0.1, 0.15) is 6.61 Å². The molecule has 1 N–H and O–H groups in total. The number of nitrogens with one attached hydrogen (secondary N) is 1. The van der Waals surface area contributed by atoms with Gasteiger partial charge >= 0.3 is 6.09 Å². The predicted molar refractivity (Wildman–Crippen MR) is 44.4 cm³/mol. The second-order valence-electron chi connectivity index (χ2n) is 2.53. The Morgan fingerprint density at radius 1 is 1.75 bits per heavy atom. The number of hydrogen-bond acceptors (Lipinski definition) is 3. The molecule has 1 heterocycles. The van der Waals surface area contributed by atoms with Crippen LogP contribution in [-0.2, 0) is 9.47 Å². The van der Waals surface area contributed by atoms with Crippen molar-refractivity contribution in [2.24, 2.45) is 0 Å². The van der Waals surface area contributed by atoms with Gasteiger partial charge in [0.2, 0.25) is 0 Å². The first kappa shape index (κ1) is 9.61. The second kappa shape index (κ2) is 5.22. The molecule has 1 rings (SSSR count). The largest absolute Gasteiger partial charge is 0.448 e. The molecule has 1 unspecified atom stereocenters. The number of alkyl carbamates (subject to hydrolysis) is 1. The van der Waals surface area contributed by atoms with Crippen LogP contribution in [0.15, 0.2) is 0 Å². The number of hydrogen-bond donors (Lipinski definition) is 1. The van der Waals surface area contributed by atoms with Crippen molar-refractivity contribution in [3.8, 4) is 0 Å². The van der Waals surface area contributed by atoms with Gasteiger partial charge in [-0.25, -0.2) is 4.79 Å². The number of halogens is 1. The van der Waals surface area contributed by atoms with Gasteiger partial charge in [-0.1, -0.05) is 0 Å². The molecule has 1 aliphatic rings. The summed E-state index contributed by atoms with van der Waals surface area (Å²) in [4.78, 5) is 10.9. The molecular weight excluding hydrogens is 182 g/mol. The number of carbonyl (C=O) groups is 1. The van der Waals surface area contributed by atoms with Gasteiger partial charge in [0.15, 0.2) is 0 Å². The van der Waals surface area contributed by atoms with Gasteiger partial charge in [-0.05, 0) is 6.42 Å². The van der Waals surface area contributed by atoms with Crippen molar-refractivity contribution in [2.45, 2.75) is 12.5 Å². The summed E-state index contributed by atoms with van der Waals surface area (Å²) in [5.74, 6) is 0.328. The van der Waals surface area contributed by atoms with E-state index < -0.39 is 6.09 Å².